The van der Waals surface area contributed by atoms with Crippen molar-refractivity contribution in [1.82, 2.24) is 0 Å². The van der Waals surface area contributed by atoms with Gasteiger partial charge >= 0.3 is 11.9 Å². The number of benzene rings is 1. The van der Waals surface area contributed by atoms with Crippen molar-refractivity contribution in [1.29, 1.82) is 0 Å². The molecule has 0 fully saturated rings. The minimum atomic E-state index is -1.14. The molecule has 1 aliphatic rings. The van der Waals surface area contributed by atoms with E-state index in [1.807, 2.05) is 6.92 Å². The summed E-state index contributed by atoms with van der Waals surface area (Å²) in [4.78, 5) is 22.0. The van der Waals surface area contributed by atoms with Gasteiger partial charge in [0.15, 0.2) is 0 Å². The number of rotatable bonds is 1. The molecular formula is C10H8O4. The summed E-state index contributed by atoms with van der Waals surface area (Å²) >= 11 is 0. The molecule has 0 saturated heterocycles. The lowest BCUT2D eigenvalue weighted by Crippen LogP contribution is -2.10. The lowest BCUT2D eigenvalue weighted by Gasteiger charge is -2.03. The van der Waals surface area contributed by atoms with Gasteiger partial charge in [0, 0.05) is 5.56 Å². The normalized spacial score (nSPS) is 18.9. The van der Waals surface area contributed by atoms with Gasteiger partial charge in [0.05, 0.1) is 5.56 Å². The van der Waals surface area contributed by atoms with E-state index in [1.165, 1.54) is 0 Å². The van der Waals surface area contributed by atoms with Crippen LogP contribution in [0, 0.1) is 6.92 Å². The monoisotopic (exact) mass is 192 g/mol. The molecule has 1 N–H and O–H groups in total. The van der Waals surface area contributed by atoms with Crippen LogP contribution in [0.2, 0.25) is 0 Å². The number of aliphatic carboxylic acids is 1. The maximum absolute atomic E-state index is 11.2. The summed E-state index contributed by atoms with van der Waals surface area (Å²) in [5.74, 6) is -1.70. The summed E-state index contributed by atoms with van der Waals surface area (Å²) in [5, 5.41) is 8.77. The van der Waals surface area contributed by atoms with Gasteiger partial charge in [0.25, 0.3) is 0 Å². The molecule has 0 aromatic heterocycles. The smallest absolute Gasteiger partial charge is 0.349 e. The van der Waals surface area contributed by atoms with Gasteiger partial charge in [-0.2, -0.15) is 0 Å². The summed E-state index contributed by atoms with van der Waals surface area (Å²) in [7, 11) is 0. The van der Waals surface area contributed by atoms with E-state index in [2.05, 4.69) is 0 Å². The lowest BCUT2D eigenvalue weighted by atomic mass is 10.0. The number of carboxylic acids is 1. The van der Waals surface area contributed by atoms with Crippen molar-refractivity contribution in [2.45, 2.75) is 13.0 Å². The van der Waals surface area contributed by atoms with E-state index in [0.29, 0.717) is 11.1 Å². The van der Waals surface area contributed by atoms with Gasteiger partial charge < -0.3 is 9.84 Å². The molecule has 0 amide bonds. The van der Waals surface area contributed by atoms with Crippen LogP contribution in [0.4, 0.5) is 0 Å². The van der Waals surface area contributed by atoms with Crippen molar-refractivity contribution in [3.63, 3.8) is 0 Å². The zero-order valence-electron chi connectivity index (χ0n) is 7.48. The highest BCUT2D eigenvalue weighted by atomic mass is 16.6. The first-order valence-corrected chi connectivity index (χ1v) is 4.14. The number of hydrogen-bond donors (Lipinski definition) is 1. The third-order valence-electron chi connectivity index (χ3n) is 2.16. The van der Waals surface area contributed by atoms with Gasteiger partial charge in [-0.05, 0) is 13.0 Å². The second kappa shape index (κ2) is 2.83. The highest BCUT2D eigenvalue weighted by Gasteiger charge is 2.35. The fourth-order valence-electron chi connectivity index (χ4n) is 1.49. The highest BCUT2D eigenvalue weighted by molar-refractivity contribution is 5.98. The number of carboxylic acid groups (broad SMARTS) is 1. The predicted octanol–water partition coefficient (Wildman–Crippen LogP) is 1.29. The summed E-state index contributed by atoms with van der Waals surface area (Å²) in [6.45, 7) is 1.83. The summed E-state index contributed by atoms with van der Waals surface area (Å²) in [6.07, 6.45) is -1.14. The lowest BCUT2D eigenvalue weighted by molar-refractivity contribution is -0.146. The Morgan fingerprint density at radius 1 is 1.50 bits per heavy atom. The Morgan fingerprint density at radius 2 is 2.21 bits per heavy atom. The van der Waals surface area contributed by atoms with Crippen LogP contribution in [0.1, 0.15) is 27.6 Å². The molecule has 72 valence electrons. The molecule has 4 nitrogen and oxygen atoms in total. The molecular weight excluding hydrogens is 184 g/mol. The van der Waals surface area contributed by atoms with Crippen molar-refractivity contribution in [2.24, 2.45) is 0 Å². The van der Waals surface area contributed by atoms with Gasteiger partial charge in [-0.1, -0.05) is 17.7 Å². The molecule has 2 rings (SSSR count). The van der Waals surface area contributed by atoms with Crippen LogP contribution < -0.4 is 0 Å². The fourth-order valence-corrected chi connectivity index (χ4v) is 1.49. The molecule has 1 aliphatic heterocycles. The number of fused-ring (bicyclic) bond motifs is 1. The van der Waals surface area contributed by atoms with Crippen LogP contribution >= 0.6 is 0 Å². The van der Waals surface area contributed by atoms with E-state index in [1.54, 1.807) is 18.2 Å². The van der Waals surface area contributed by atoms with Crippen LogP contribution in [-0.2, 0) is 9.53 Å². The standard InChI is InChI=1S/C10H8O4/c1-5-2-3-6-7(4-5)10(13)14-8(6)9(11)12/h2-4,8H,1H3,(H,11,12). The van der Waals surface area contributed by atoms with Gasteiger partial charge in [-0.25, -0.2) is 9.59 Å². The van der Waals surface area contributed by atoms with Gasteiger partial charge in [-0.15, -0.1) is 0 Å². The number of carbonyl (C=O) groups is 2. The van der Waals surface area contributed by atoms with Crippen LogP contribution in [-0.4, -0.2) is 17.0 Å². The predicted molar refractivity (Wildman–Crippen MR) is 47.0 cm³/mol. The Balaban J connectivity index is 2.55. The Kier molecular flexibility index (Phi) is 1.77. The van der Waals surface area contributed by atoms with Gasteiger partial charge in [-0.3, -0.25) is 0 Å². The quantitative estimate of drug-likeness (QED) is 0.681. The zero-order chi connectivity index (χ0) is 10.3. The molecule has 1 aromatic rings. The maximum Gasteiger partial charge on any atom is 0.349 e. The maximum atomic E-state index is 11.2. The number of cyclic esters (lactones) is 1. The Bertz CT molecular complexity index is 422. The average Bonchev–Trinajstić information content (AvgIpc) is 2.44. The Hall–Kier alpha value is -1.84. The molecule has 1 atom stereocenters. The van der Waals surface area contributed by atoms with Crippen LogP contribution in [0.25, 0.3) is 0 Å². The highest BCUT2D eigenvalue weighted by Crippen LogP contribution is 2.31. The molecule has 0 bridgehead atoms. The van der Waals surface area contributed by atoms with Gasteiger partial charge in [0.1, 0.15) is 0 Å². The largest absolute Gasteiger partial charge is 0.478 e. The first-order valence-electron chi connectivity index (χ1n) is 4.14. The molecule has 4 heteroatoms. The molecule has 0 spiro atoms. The number of hydrogen-bond acceptors (Lipinski definition) is 3. The van der Waals surface area contributed by atoms with E-state index >= 15 is 0 Å². The Labute approximate surface area is 80.1 Å². The fraction of sp³-hybridized carbons (Fsp3) is 0.200. The number of aryl methyl sites for hydroxylation is 1. The minimum Gasteiger partial charge on any atom is -0.478 e. The molecule has 1 aromatic carbocycles. The molecule has 14 heavy (non-hydrogen) atoms. The number of ether oxygens (including phenoxy) is 1. The van der Waals surface area contributed by atoms with E-state index < -0.39 is 18.0 Å². The summed E-state index contributed by atoms with van der Waals surface area (Å²) in [6, 6.07) is 5.02. The summed E-state index contributed by atoms with van der Waals surface area (Å²) in [5.41, 5.74) is 1.71. The van der Waals surface area contributed by atoms with Crippen LogP contribution in [0.3, 0.4) is 0 Å². The third-order valence-corrected chi connectivity index (χ3v) is 2.16. The molecule has 1 unspecified atom stereocenters. The van der Waals surface area contributed by atoms with E-state index in [0.717, 1.165) is 5.56 Å². The zero-order valence-corrected chi connectivity index (χ0v) is 7.48. The van der Waals surface area contributed by atoms with E-state index in [4.69, 9.17) is 9.84 Å². The topological polar surface area (TPSA) is 63.6 Å². The molecule has 0 radical (unpaired) electrons. The van der Waals surface area contributed by atoms with Crippen LogP contribution in [0.5, 0.6) is 0 Å². The first-order chi connectivity index (χ1) is 6.59. The van der Waals surface area contributed by atoms with Crippen molar-refractivity contribution >= 4 is 11.9 Å². The van der Waals surface area contributed by atoms with E-state index in [-0.39, 0.29) is 0 Å². The second-order valence-electron chi connectivity index (χ2n) is 3.21. The Morgan fingerprint density at radius 3 is 2.86 bits per heavy atom. The number of carbonyl (C=O) groups excluding carboxylic acids is 1. The van der Waals surface area contributed by atoms with Crippen molar-refractivity contribution in [3.05, 3.63) is 34.9 Å². The van der Waals surface area contributed by atoms with Crippen molar-refractivity contribution in [2.75, 3.05) is 0 Å². The molecule has 1 heterocycles. The first kappa shape index (κ1) is 8.74. The van der Waals surface area contributed by atoms with Crippen molar-refractivity contribution in [3.8, 4) is 0 Å². The SMILES string of the molecule is Cc1ccc2c(c1)C(=O)OC2C(=O)O. The van der Waals surface area contributed by atoms with Crippen molar-refractivity contribution < 1.29 is 19.4 Å². The summed E-state index contributed by atoms with van der Waals surface area (Å²) < 4.78 is 4.71. The van der Waals surface area contributed by atoms with Crippen LogP contribution in [0.15, 0.2) is 18.2 Å². The third kappa shape index (κ3) is 1.16. The second-order valence-corrected chi connectivity index (χ2v) is 3.21. The molecule has 0 aliphatic carbocycles. The van der Waals surface area contributed by atoms with E-state index in [9.17, 15) is 9.59 Å². The van der Waals surface area contributed by atoms with Gasteiger partial charge in [0.2, 0.25) is 6.10 Å². The molecule has 0 saturated carbocycles. The minimum absolute atomic E-state index is 0.359. The number of esters is 1. The average molecular weight is 192 g/mol.